The maximum absolute atomic E-state index is 12.2. The van der Waals surface area contributed by atoms with Crippen molar-refractivity contribution < 1.29 is 14.5 Å². The molecule has 2 amide bonds. The molecule has 23 heavy (non-hydrogen) atoms. The summed E-state index contributed by atoms with van der Waals surface area (Å²) < 4.78 is 0. The number of hydrogen-bond donors (Lipinski definition) is 3. The second-order valence-corrected chi connectivity index (χ2v) is 7.27. The lowest BCUT2D eigenvalue weighted by atomic mass is 9.86. The first kappa shape index (κ1) is 19.2. The zero-order valence-corrected chi connectivity index (χ0v) is 15.1. The van der Waals surface area contributed by atoms with Gasteiger partial charge in [0, 0.05) is 5.56 Å². The number of rotatable bonds is 6. The molecule has 1 atom stereocenters. The Kier molecular flexibility index (Phi) is 6.76. The van der Waals surface area contributed by atoms with Gasteiger partial charge in [-0.05, 0) is 30.0 Å². The largest absolute Gasteiger partial charge is 0.349 e. The molecule has 1 aromatic rings. The number of benzene rings is 1. The lowest BCUT2D eigenvalue weighted by Crippen LogP contribution is -3.06. The van der Waals surface area contributed by atoms with Crippen LogP contribution in [0.4, 0.5) is 0 Å². The van der Waals surface area contributed by atoms with Crippen molar-refractivity contribution in [1.82, 2.24) is 10.6 Å². The molecule has 0 radical (unpaired) electrons. The van der Waals surface area contributed by atoms with Crippen LogP contribution >= 0.6 is 0 Å². The Morgan fingerprint density at radius 3 is 2.17 bits per heavy atom. The quantitative estimate of drug-likeness (QED) is 0.709. The topological polar surface area (TPSA) is 62.6 Å². The molecule has 1 rings (SSSR count). The fraction of sp³-hybridized carbons (Fsp3) is 0.556. The van der Waals surface area contributed by atoms with Gasteiger partial charge in [0.2, 0.25) is 5.91 Å². The van der Waals surface area contributed by atoms with Gasteiger partial charge in [-0.1, -0.05) is 32.9 Å². The van der Waals surface area contributed by atoms with E-state index in [9.17, 15) is 9.59 Å². The Labute approximate surface area is 139 Å². The number of carbonyl (C=O) groups excluding carboxylic acids is 2. The first-order valence-electron chi connectivity index (χ1n) is 8.09. The molecular weight excluding hydrogens is 290 g/mol. The molecule has 128 valence electrons. The average molecular weight is 320 g/mol. The van der Waals surface area contributed by atoms with Gasteiger partial charge in [-0.3, -0.25) is 9.59 Å². The summed E-state index contributed by atoms with van der Waals surface area (Å²) in [5, 5.41) is 5.56. The van der Waals surface area contributed by atoms with Crippen molar-refractivity contribution in [2.45, 2.75) is 39.2 Å². The summed E-state index contributed by atoms with van der Waals surface area (Å²) in [5.41, 5.74) is 1.79. The monoisotopic (exact) mass is 320 g/mol. The Balaban J connectivity index is 2.56. The van der Waals surface area contributed by atoms with Crippen molar-refractivity contribution in [3.05, 3.63) is 35.4 Å². The fourth-order valence-corrected chi connectivity index (χ4v) is 2.06. The van der Waals surface area contributed by atoms with Gasteiger partial charge >= 0.3 is 0 Å². The highest BCUT2D eigenvalue weighted by atomic mass is 16.2. The van der Waals surface area contributed by atoms with Crippen molar-refractivity contribution >= 4 is 11.8 Å². The van der Waals surface area contributed by atoms with Crippen LogP contribution in [-0.4, -0.2) is 45.0 Å². The number of amides is 2. The van der Waals surface area contributed by atoms with E-state index in [1.165, 1.54) is 10.5 Å². The number of hydrogen-bond acceptors (Lipinski definition) is 2. The smallest absolute Gasteiger partial charge is 0.251 e. The summed E-state index contributed by atoms with van der Waals surface area (Å²) in [5.74, 6) is -0.391. The fourth-order valence-electron chi connectivity index (χ4n) is 2.06. The number of quaternary nitrogens is 1. The summed E-state index contributed by atoms with van der Waals surface area (Å²) >= 11 is 0. The zero-order chi connectivity index (χ0) is 17.6. The van der Waals surface area contributed by atoms with Crippen molar-refractivity contribution in [2.75, 3.05) is 27.2 Å². The Hall–Kier alpha value is -1.88. The van der Waals surface area contributed by atoms with Crippen LogP contribution in [0.3, 0.4) is 0 Å². The van der Waals surface area contributed by atoms with Crippen LogP contribution in [0, 0.1) is 0 Å². The third kappa shape index (κ3) is 6.40. The molecule has 0 heterocycles. The van der Waals surface area contributed by atoms with Crippen LogP contribution < -0.4 is 15.5 Å². The highest BCUT2D eigenvalue weighted by molar-refractivity contribution is 5.97. The predicted molar refractivity (Wildman–Crippen MR) is 92.8 cm³/mol. The van der Waals surface area contributed by atoms with Crippen LogP contribution in [0.1, 0.15) is 43.6 Å². The molecule has 5 heteroatoms. The molecule has 3 N–H and O–H groups in total. The standard InChI is InChI=1S/C18H29N3O2/c1-13(16(22)19-11-12-21(5)6)20-17(23)14-7-9-15(10-8-14)18(2,3)4/h7-10,13H,11-12H2,1-6H3,(H,19,22)(H,20,23)/p+1/t13-/m1/s1. The average Bonchev–Trinajstić information content (AvgIpc) is 2.45. The third-order valence-electron chi connectivity index (χ3n) is 3.68. The highest BCUT2D eigenvalue weighted by Crippen LogP contribution is 2.22. The summed E-state index contributed by atoms with van der Waals surface area (Å²) in [4.78, 5) is 25.4. The molecule has 5 nitrogen and oxygen atoms in total. The first-order chi connectivity index (χ1) is 10.6. The van der Waals surface area contributed by atoms with Gasteiger partial charge in [0.15, 0.2) is 0 Å². The van der Waals surface area contributed by atoms with Crippen LogP contribution in [0.2, 0.25) is 0 Å². The van der Waals surface area contributed by atoms with E-state index in [-0.39, 0.29) is 17.2 Å². The van der Waals surface area contributed by atoms with E-state index < -0.39 is 6.04 Å². The second-order valence-electron chi connectivity index (χ2n) is 7.27. The van der Waals surface area contributed by atoms with Crippen LogP contribution in [0.25, 0.3) is 0 Å². The van der Waals surface area contributed by atoms with Crippen LogP contribution in [0.15, 0.2) is 24.3 Å². The van der Waals surface area contributed by atoms with Gasteiger partial charge in [0.25, 0.3) is 5.91 Å². The summed E-state index contributed by atoms with van der Waals surface area (Å²) in [7, 11) is 4.05. The Morgan fingerprint density at radius 1 is 1.13 bits per heavy atom. The minimum Gasteiger partial charge on any atom is -0.349 e. The minimum absolute atomic E-state index is 0.0522. The summed E-state index contributed by atoms with van der Waals surface area (Å²) in [6.07, 6.45) is 0. The second kappa shape index (κ2) is 8.11. The van der Waals surface area contributed by atoms with Gasteiger partial charge in [-0.25, -0.2) is 0 Å². The lowest BCUT2D eigenvalue weighted by Gasteiger charge is -2.19. The van der Waals surface area contributed by atoms with Crippen LogP contribution in [0.5, 0.6) is 0 Å². The van der Waals surface area contributed by atoms with E-state index in [0.717, 1.165) is 6.54 Å². The van der Waals surface area contributed by atoms with E-state index in [1.54, 1.807) is 19.1 Å². The molecule has 0 spiro atoms. The normalized spacial score (nSPS) is 12.8. The summed E-state index contributed by atoms with van der Waals surface area (Å²) in [6, 6.07) is 6.97. The van der Waals surface area contributed by atoms with Crippen molar-refractivity contribution in [3.8, 4) is 0 Å². The maximum atomic E-state index is 12.2. The molecule has 0 aliphatic carbocycles. The van der Waals surface area contributed by atoms with Gasteiger partial charge < -0.3 is 15.5 Å². The van der Waals surface area contributed by atoms with Crippen molar-refractivity contribution in [2.24, 2.45) is 0 Å². The molecule has 0 fully saturated rings. The van der Waals surface area contributed by atoms with E-state index in [1.807, 2.05) is 26.2 Å². The van der Waals surface area contributed by atoms with Crippen molar-refractivity contribution in [1.29, 1.82) is 0 Å². The lowest BCUT2D eigenvalue weighted by molar-refractivity contribution is -0.856. The van der Waals surface area contributed by atoms with Gasteiger partial charge in [-0.15, -0.1) is 0 Å². The Morgan fingerprint density at radius 2 is 1.70 bits per heavy atom. The molecule has 0 aliphatic rings. The molecule has 0 bridgehead atoms. The van der Waals surface area contributed by atoms with Gasteiger partial charge in [-0.2, -0.15) is 0 Å². The van der Waals surface area contributed by atoms with Crippen molar-refractivity contribution in [3.63, 3.8) is 0 Å². The molecule has 0 saturated carbocycles. The van der Waals surface area contributed by atoms with E-state index in [0.29, 0.717) is 12.1 Å². The van der Waals surface area contributed by atoms with E-state index >= 15 is 0 Å². The Bertz CT molecular complexity index is 530. The third-order valence-corrected chi connectivity index (χ3v) is 3.68. The number of nitrogens with one attached hydrogen (secondary N) is 3. The minimum atomic E-state index is -0.554. The number of carbonyl (C=O) groups is 2. The predicted octanol–water partition coefficient (Wildman–Crippen LogP) is 0.363. The van der Waals surface area contributed by atoms with Crippen LogP contribution in [-0.2, 0) is 10.2 Å². The molecular formula is C18H30N3O2+. The first-order valence-corrected chi connectivity index (χ1v) is 8.09. The maximum Gasteiger partial charge on any atom is 0.251 e. The van der Waals surface area contributed by atoms with E-state index in [4.69, 9.17) is 0 Å². The zero-order valence-electron chi connectivity index (χ0n) is 15.1. The van der Waals surface area contributed by atoms with Gasteiger partial charge in [0.1, 0.15) is 6.04 Å². The van der Waals surface area contributed by atoms with E-state index in [2.05, 4.69) is 31.4 Å². The number of likely N-dealkylation sites (N-methyl/N-ethyl adjacent to an activating group) is 1. The molecule has 1 aromatic carbocycles. The van der Waals surface area contributed by atoms with Gasteiger partial charge in [0.05, 0.1) is 27.2 Å². The highest BCUT2D eigenvalue weighted by Gasteiger charge is 2.18. The molecule has 0 aromatic heterocycles. The molecule has 0 aliphatic heterocycles. The molecule has 0 saturated heterocycles. The summed E-state index contributed by atoms with van der Waals surface area (Å²) in [6.45, 7) is 9.53. The molecule has 0 unspecified atom stereocenters. The SMILES string of the molecule is C[C@@H](NC(=O)c1ccc(C(C)(C)C)cc1)C(=O)NCC[NH+](C)C.